The molecule has 3 heteroatoms. The third-order valence-corrected chi connectivity index (χ3v) is 2.44. The van der Waals surface area contributed by atoms with Crippen molar-refractivity contribution in [3.63, 3.8) is 0 Å². The van der Waals surface area contributed by atoms with Crippen molar-refractivity contribution in [2.24, 2.45) is 5.92 Å². The van der Waals surface area contributed by atoms with E-state index in [0.717, 1.165) is 43.9 Å². The Kier molecular flexibility index (Phi) is 6.01. The smallest absolute Gasteiger partial charge is 0.128 e. The first-order valence-corrected chi connectivity index (χ1v) is 6.24. The van der Waals surface area contributed by atoms with E-state index in [1.54, 1.807) is 0 Å². The molecule has 0 saturated heterocycles. The summed E-state index contributed by atoms with van der Waals surface area (Å²) in [5.41, 5.74) is 1.10. The summed E-state index contributed by atoms with van der Waals surface area (Å²) < 4.78 is 0. The Morgan fingerprint density at radius 2 is 2.19 bits per heavy atom. The van der Waals surface area contributed by atoms with E-state index in [-0.39, 0.29) is 0 Å². The van der Waals surface area contributed by atoms with Crippen molar-refractivity contribution in [3.05, 3.63) is 23.8 Å². The normalized spacial score (nSPS) is 11.0. The van der Waals surface area contributed by atoms with Crippen LogP contribution in [0.3, 0.4) is 0 Å². The summed E-state index contributed by atoms with van der Waals surface area (Å²) in [4.78, 5) is 8.84. The van der Waals surface area contributed by atoms with E-state index in [0.29, 0.717) is 5.92 Å². The van der Waals surface area contributed by atoms with Gasteiger partial charge in [-0.3, -0.25) is 0 Å². The molecule has 90 valence electrons. The molecule has 1 heterocycles. The number of nitrogens with one attached hydrogen (secondary N) is 1. The zero-order valence-corrected chi connectivity index (χ0v) is 10.7. The monoisotopic (exact) mass is 221 g/mol. The highest BCUT2D eigenvalue weighted by Crippen LogP contribution is 2.05. The molecule has 0 aromatic carbocycles. The minimum atomic E-state index is 0.713. The van der Waals surface area contributed by atoms with E-state index >= 15 is 0 Å². The molecule has 0 unspecified atom stereocenters. The Morgan fingerprint density at radius 3 is 2.88 bits per heavy atom. The fraction of sp³-hybridized carbons (Fsp3) is 0.692. The van der Waals surface area contributed by atoms with Crippen molar-refractivity contribution in [2.75, 3.05) is 6.54 Å². The minimum absolute atomic E-state index is 0.713. The van der Waals surface area contributed by atoms with Crippen LogP contribution in [-0.2, 0) is 13.0 Å². The maximum absolute atomic E-state index is 4.54. The van der Waals surface area contributed by atoms with Crippen LogP contribution < -0.4 is 5.32 Å². The second-order valence-electron chi connectivity index (χ2n) is 4.57. The molecule has 0 radical (unpaired) electrons. The Morgan fingerprint density at radius 1 is 1.38 bits per heavy atom. The van der Waals surface area contributed by atoms with E-state index in [2.05, 4.69) is 36.1 Å². The Hall–Kier alpha value is -0.960. The van der Waals surface area contributed by atoms with Gasteiger partial charge in [0.25, 0.3) is 0 Å². The summed E-state index contributed by atoms with van der Waals surface area (Å²) in [7, 11) is 0. The SMILES string of the molecule is CCCNCc1ccnc(CCC(C)C)n1. The lowest BCUT2D eigenvalue weighted by Gasteiger charge is -2.06. The number of hydrogen-bond acceptors (Lipinski definition) is 3. The Labute approximate surface area is 98.7 Å². The minimum Gasteiger partial charge on any atom is -0.311 e. The topological polar surface area (TPSA) is 37.8 Å². The van der Waals surface area contributed by atoms with Gasteiger partial charge in [-0.05, 0) is 31.4 Å². The van der Waals surface area contributed by atoms with E-state index in [1.165, 1.54) is 0 Å². The molecule has 0 aliphatic rings. The van der Waals surface area contributed by atoms with E-state index in [9.17, 15) is 0 Å². The molecular weight excluding hydrogens is 198 g/mol. The van der Waals surface area contributed by atoms with Crippen molar-refractivity contribution >= 4 is 0 Å². The molecule has 16 heavy (non-hydrogen) atoms. The molecule has 0 spiro atoms. The largest absolute Gasteiger partial charge is 0.311 e. The van der Waals surface area contributed by atoms with Crippen LogP contribution in [0.5, 0.6) is 0 Å². The summed E-state index contributed by atoms with van der Waals surface area (Å²) >= 11 is 0. The fourth-order valence-electron chi connectivity index (χ4n) is 1.47. The molecule has 3 nitrogen and oxygen atoms in total. The summed E-state index contributed by atoms with van der Waals surface area (Å²) in [5, 5.41) is 3.35. The second-order valence-corrected chi connectivity index (χ2v) is 4.57. The third kappa shape index (κ3) is 5.21. The number of aryl methyl sites for hydroxylation is 1. The molecule has 1 N–H and O–H groups in total. The van der Waals surface area contributed by atoms with Crippen LogP contribution in [0.25, 0.3) is 0 Å². The highest BCUT2D eigenvalue weighted by molar-refractivity contribution is 5.02. The first-order valence-electron chi connectivity index (χ1n) is 6.24. The van der Waals surface area contributed by atoms with Gasteiger partial charge < -0.3 is 5.32 Å². The number of nitrogens with zero attached hydrogens (tertiary/aromatic N) is 2. The van der Waals surface area contributed by atoms with Gasteiger partial charge in [0.15, 0.2) is 0 Å². The first-order chi connectivity index (χ1) is 7.72. The van der Waals surface area contributed by atoms with Crippen molar-refractivity contribution in [3.8, 4) is 0 Å². The first kappa shape index (κ1) is 13.1. The molecule has 0 aliphatic heterocycles. The molecule has 0 aliphatic carbocycles. The van der Waals surface area contributed by atoms with E-state index < -0.39 is 0 Å². The van der Waals surface area contributed by atoms with Crippen molar-refractivity contribution < 1.29 is 0 Å². The molecule has 0 amide bonds. The summed E-state index contributed by atoms with van der Waals surface area (Å²) in [6.45, 7) is 8.52. The van der Waals surface area contributed by atoms with Gasteiger partial charge in [-0.25, -0.2) is 9.97 Å². The standard InChI is InChI=1S/C13H23N3/c1-4-8-14-10-12-7-9-15-13(16-12)6-5-11(2)3/h7,9,11,14H,4-6,8,10H2,1-3H3. The number of hydrogen-bond donors (Lipinski definition) is 1. The molecule has 1 rings (SSSR count). The number of rotatable bonds is 7. The van der Waals surface area contributed by atoms with Crippen LogP contribution in [0.4, 0.5) is 0 Å². The lowest BCUT2D eigenvalue weighted by molar-refractivity contribution is 0.571. The number of aromatic nitrogens is 2. The van der Waals surface area contributed by atoms with Crippen LogP contribution in [0, 0.1) is 5.92 Å². The maximum Gasteiger partial charge on any atom is 0.128 e. The van der Waals surface area contributed by atoms with Crippen molar-refractivity contribution in [2.45, 2.75) is 46.6 Å². The lowest BCUT2D eigenvalue weighted by Crippen LogP contribution is -2.15. The summed E-state index contributed by atoms with van der Waals surface area (Å²) in [6, 6.07) is 1.99. The average molecular weight is 221 g/mol. The Bertz CT molecular complexity index is 297. The maximum atomic E-state index is 4.54. The molecule has 0 atom stereocenters. The quantitative estimate of drug-likeness (QED) is 0.719. The van der Waals surface area contributed by atoms with Crippen LogP contribution in [0.15, 0.2) is 12.3 Å². The highest BCUT2D eigenvalue weighted by Gasteiger charge is 2.01. The second kappa shape index (κ2) is 7.34. The van der Waals surface area contributed by atoms with Gasteiger partial charge in [0, 0.05) is 19.2 Å². The molecule has 0 bridgehead atoms. The summed E-state index contributed by atoms with van der Waals surface area (Å²) in [6.07, 6.45) is 5.17. The molecular formula is C13H23N3. The van der Waals surface area contributed by atoms with Gasteiger partial charge in [0.1, 0.15) is 5.82 Å². The van der Waals surface area contributed by atoms with Gasteiger partial charge >= 0.3 is 0 Å². The third-order valence-electron chi connectivity index (χ3n) is 2.44. The highest BCUT2D eigenvalue weighted by atomic mass is 14.9. The predicted octanol–water partition coefficient (Wildman–Crippen LogP) is 2.56. The molecule has 0 fully saturated rings. The van der Waals surface area contributed by atoms with Crippen molar-refractivity contribution in [1.29, 1.82) is 0 Å². The molecule has 1 aromatic rings. The van der Waals surface area contributed by atoms with Gasteiger partial charge in [0.05, 0.1) is 5.69 Å². The lowest BCUT2D eigenvalue weighted by atomic mass is 10.1. The molecule has 0 saturated carbocycles. The van der Waals surface area contributed by atoms with Gasteiger partial charge in [0.2, 0.25) is 0 Å². The summed E-state index contributed by atoms with van der Waals surface area (Å²) in [5.74, 6) is 1.69. The fourth-order valence-corrected chi connectivity index (χ4v) is 1.47. The predicted molar refractivity (Wildman–Crippen MR) is 67.2 cm³/mol. The van der Waals surface area contributed by atoms with Gasteiger partial charge in [-0.1, -0.05) is 20.8 Å². The zero-order chi connectivity index (χ0) is 11.8. The molecule has 1 aromatic heterocycles. The van der Waals surface area contributed by atoms with Crippen LogP contribution >= 0.6 is 0 Å². The van der Waals surface area contributed by atoms with E-state index in [1.807, 2.05) is 12.3 Å². The Balaban J connectivity index is 2.43. The van der Waals surface area contributed by atoms with Crippen LogP contribution in [-0.4, -0.2) is 16.5 Å². The van der Waals surface area contributed by atoms with Gasteiger partial charge in [-0.15, -0.1) is 0 Å². The van der Waals surface area contributed by atoms with Crippen molar-refractivity contribution in [1.82, 2.24) is 15.3 Å². The van der Waals surface area contributed by atoms with E-state index in [4.69, 9.17) is 0 Å². The average Bonchev–Trinajstić information content (AvgIpc) is 2.27. The van der Waals surface area contributed by atoms with Crippen LogP contribution in [0.1, 0.15) is 45.1 Å². The van der Waals surface area contributed by atoms with Gasteiger partial charge in [-0.2, -0.15) is 0 Å². The zero-order valence-electron chi connectivity index (χ0n) is 10.7. The van der Waals surface area contributed by atoms with Crippen LogP contribution in [0.2, 0.25) is 0 Å².